The number of rotatable bonds is 8. The van der Waals surface area contributed by atoms with Crippen LogP contribution in [0.4, 0.5) is 5.69 Å². The standard InChI is InChI=1S/C26H26N6O3/c1-3-4-16-35-21-12-10-19(11-13-21)22-17-23-25-28-32(26(34)30(25)14-15-31(23)27-22)18-24(33)29(2)20-8-6-5-7-9-20/h5-15,17H,3-4,16,18H2,1-2H3. The van der Waals surface area contributed by atoms with Gasteiger partial charge in [-0.1, -0.05) is 31.5 Å². The number of carbonyl (C=O) groups excluding carboxylic acids is 1. The third-order valence-corrected chi connectivity index (χ3v) is 5.91. The molecule has 0 radical (unpaired) electrons. The van der Waals surface area contributed by atoms with Gasteiger partial charge < -0.3 is 9.64 Å². The van der Waals surface area contributed by atoms with E-state index in [0.717, 1.165) is 35.5 Å². The maximum absolute atomic E-state index is 12.9. The van der Waals surface area contributed by atoms with Gasteiger partial charge in [-0.3, -0.25) is 4.79 Å². The lowest BCUT2D eigenvalue weighted by Gasteiger charge is -2.16. The molecule has 1 amide bonds. The largest absolute Gasteiger partial charge is 0.494 e. The minimum absolute atomic E-state index is 0.168. The maximum atomic E-state index is 12.9. The van der Waals surface area contributed by atoms with E-state index in [2.05, 4.69) is 17.1 Å². The van der Waals surface area contributed by atoms with Crippen LogP contribution in [0.25, 0.3) is 22.4 Å². The second kappa shape index (κ2) is 9.46. The van der Waals surface area contributed by atoms with Gasteiger partial charge >= 0.3 is 5.69 Å². The molecule has 0 spiro atoms. The summed E-state index contributed by atoms with van der Waals surface area (Å²) in [6.45, 7) is 2.66. The number of aromatic nitrogens is 5. The van der Waals surface area contributed by atoms with Gasteiger partial charge in [-0.05, 0) is 48.9 Å². The predicted molar refractivity (Wildman–Crippen MR) is 134 cm³/mol. The second-order valence-electron chi connectivity index (χ2n) is 8.31. The molecule has 3 heterocycles. The molecule has 0 fully saturated rings. The number of anilines is 1. The van der Waals surface area contributed by atoms with Gasteiger partial charge in [-0.15, -0.1) is 5.10 Å². The molecule has 2 aromatic carbocycles. The van der Waals surface area contributed by atoms with Crippen molar-refractivity contribution < 1.29 is 9.53 Å². The van der Waals surface area contributed by atoms with Crippen LogP contribution in [0.3, 0.4) is 0 Å². The van der Waals surface area contributed by atoms with Crippen molar-refractivity contribution in [2.75, 3.05) is 18.6 Å². The summed E-state index contributed by atoms with van der Waals surface area (Å²) in [6.07, 6.45) is 5.43. The summed E-state index contributed by atoms with van der Waals surface area (Å²) < 4.78 is 10.0. The zero-order valence-corrected chi connectivity index (χ0v) is 19.7. The van der Waals surface area contributed by atoms with Gasteiger partial charge in [0, 0.05) is 30.7 Å². The number of carbonyl (C=O) groups is 1. The van der Waals surface area contributed by atoms with Gasteiger partial charge in [0.1, 0.15) is 17.8 Å². The minimum Gasteiger partial charge on any atom is -0.494 e. The lowest BCUT2D eigenvalue weighted by Crippen LogP contribution is -2.34. The van der Waals surface area contributed by atoms with Crippen molar-refractivity contribution in [3.8, 4) is 17.0 Å². The van der Waals surface area contributed by atoms with Crippen LogP contribution < -0.4 is 15.3 Å². The van der Waals surface area contributed by atoms with E-state index in [9.17, 15) is 9.59 Å². The fourth-order valence-electron chi connectivity index (χ4n) is 3.86. The van der Waals surface area contributed by atoms with Gasteiger partial charge in [-0.2, -0.15) is 5.10 Å². The van der Waals surface area contributed by atoms with Crippen LogP contribution >= 0.6 is 0 Å². The normalized spacial score (nSPS) is 11.3. The quantitative estimate of drug-likeness (QED) is 0.323. The molecule has 0 aliphatic rings. The summed E-state index contributed by atoms with van der Waals surface area (Å²) in [4.78, 5) is 27.2. The van der Waals surface area contributed by atoms with Crippen LogP contribution in [0.15, 0.2) is 77.9 Å². The summed E-state index contributed by atoms with van der Waals surface area (Å²) in [5.41, 5.74) is 3.15. The van der Waals surface area contributed by atoms with Crippen molar-refractivity contribution >= 4 is 22.8 Å². The predicted octanol–water partition coefficient (Wildman–Crippen LogP) is 3.65. The third-order valence-electron chi connectivity index (χ3n) is 5.91. The first kappa shape index (κ1) is 22.4. The third kappa shape index (κ3) is 4.40. The Morgan fingerprint density at radius 2 is 1.80 bits per heavy atom. The first-order chi connectivity index (χ1) is 17.0. The van der Waals surface area contributed by atoms with Gasteiger partial charge in [0.25, 0.3) is 0 Å². The van der Waals surface area contributed by atoms with Crippen LogP contribution in [-0.4, -0.2) is 43.4 Å². The molecule has 0 aliphatic carbocycles. The van der Waals surface area contributed by atoms with Crippen LogP contribution in [-0.2, 0) is 11.3 Å². The molecule has 0 N–H and O–H groups in total. The van der Waals surface area contributed by atoms with Crippen LogP contribution in [0.2, 0.25) is 0 Å². The number of benzene rings is 2. The molecule has 0 unspecified atom stereocenters. The number of ether oxygens (including phenoxy) is 1. The summed E-state index contributed by atoms with van der Waals surface area (Å²) in [5.74, 6) is 0.581. The van der Waals surface area contributed by atoms with E-state index >= 15 is 0 Å². The molecule has 0 bridgehead atoms. The van der Waals surface area contributed by atoms with E-state index in [0.29, 0.717) is 17.8 Å². The molecule has 0 atom stereocenters. The van der Waals surface area contributed by atoms with E-state index in [1.54, 1.807) is 24.0 Å². The Kier molecular flexibility index (Phi) is 6.05. The van der Waals surface area contributed by atoms with E-state index < -0.39 is 0 Å². The molecule has 9 heteroatoms. The monoisotopic (exact) mass is 470 g/mol. The summed E-state index contributed by atoms with van der Waals surface area (Å²) in [5, 5.41) is 9.10. The van der Waals surface area contributed by atoms with E-state index in [4.69, 9.17) is 4.74 Å². The Balaban J connectivity index is 1.43. The molecular formula is C26H26N6O3. The highest BCUT2D eigenvalue weighted by molar-refractivity contribution is 5.92. The molecule has 9 nitrogen and oxygen atoms in total. The summed E-state index contributed by atoms with van der Waals surface area (Å²) in [7, 11) is 1.68. The highest BCUT2D eigenvalue weighted by Crippen LogP contribution is 2.24. The van der Waals surface area contributed by atoms with Crippen molar-refractivity contribution in [1.29, 1.82) is 0 Å². The number of amides is 1. The van der Waals surface area contributed by atoms with Crippen LogP contribution in [0.1, 0.15) is 19.8 Å². The number of para-hydroxylation sites is 1. The Morgan fingerprint density at radius 1 is 1.03 bits per heavy atom. The van der Waals surface area contributed by atoms with Gasteiger partial charge in [0.2, 0.25) is 5.91 Å². The van der Waals surface area contributed by atoms with Crippen molar-refractivity contribution in [3.05, 3.63) is 83.5 Å². The number of nitrogens with zero attached hydrogens (tertiary/aromatic N) is 6. The minimum atomic E-state index is -0.381. The summed E-state index contributed by atoms with van der Waals surface area (Å²) in [6, 6.07) is 18.9. The molecule has 5 aromatic rings. The zero-order valence-electron chi connectivity index (χ0n) is 19.7. The fourth-order valence-corrected chi connectivity index (χ4v) is 3.86. The second-order valence-corrected chi connectivity index (χ2v) is 8.31. The van der Waals surface area contributed by atoms with Gasteiger partial charge in [0.05, 0.1) is 12.3 Å². The zero-order chi connectivity index (χ0) is 24.4. The number of unbranched alkanes of at least 4 members (excludes halogenated alkanes) is 1. The van der Waals surface area contributed by atoms with Crippen LogP contribution in [0, 0.1) is 0 Å². The molecule has 0 aliphatic heterocycles. The molecule has 5 rings (SSSR count). The number of fused-ring (bicyclic) bond motifs is 3. The van der Waals surface area contributed by atoms with Gasteiger partial charge in [0.15, 0.2) is 5.65 Å². The molecule has 3 aromatic heterocycles. The van der Waals surface area contributed by atoms with E-state index in [-0.39, 0.29) is 18.1 Å². The molecule has 0 saturated heterocycles. The van der Waals surface area contributed by atoms with Crippen LogP contribution in [0.5, 0.6) is 5.75 Å². The van der Waals surface area contributed by atoms with E-state index in [1.165, 1.54) is 14.0 Å². The highest BCUT2D eigenvalue weighted by Gasteiger charge is 2.18. The number of hydrogen-bond donors (Lipinski definition) is 0. The average Bonchev–Trinajstić information content (AvgIpc) is 3.46. The Morgan fingerprint density at radius 3 is 2.54 bits per heavy atom. The molecule has 178 valence electrons. The van der Waals surface area contributed by atoms with Crippen molar-refractivity contribution in [2.45, 2.75) is 26.3 Å². The van der Waals surface area contributed by atoms with Crippen molar-refractivity contribution in [1.82, 2.24) is 23.8 Å². The first-order valence-corrected chi connectivity index (χ1v) is 11.6. The van der Waals surface area contributed by atoms with E-state index in [1.807, 2.05) is 60.7 Å². The topological polar surface area (TPSA) is 86.1 Å². The lowest BCUT2D eigenvalue weighted by atomic mass is 10.1. The number of likely N-dealkylation sites (N-methyl/N-ethyl adjacent to an activating group) is 1. The number of hydrogen-bond acceptors (Lipinski definition) is 5. The first-order valence-electron chi connectivity index (χ1n) is 11.6. The Hall–Kier alpha value is -4.40. The van der Waals surface area contributed by atoms with Crippen molar-refractivity contribution in [2.24, 2.45) is 0 Å². The Labute approximate surface area is 201 Å². The SMILES string of the molecule is CCCCOc1ccc(-c2cc3c4nn(CC(=O)N(C)c5ccccc5)c(=O)n4ccn3n2)cc1. The average molecular weight is 471 g/mol. The Bertz CT molecular complexity index is 1530. The highest BCUT2D eigenvalue weighted by atomic mass is 16.5. The smallest absolute Gasteiger partial charge is 0.350 e. The molecular weight excluding hydrogens is 444 g/mol. The lowest BCUT2D eigenvalue weighted by molar-refractivity contribution is -0.119. The summed E-state index contributed by atoms with van der Waals surface area (Å²) >= 11 is 0. The maximum Gasteiger partial charge on any atom is 0.350 e. The molecule has 0 saturated carbocycles. The van der Waals surface area contributed by atoms with Gasteiger partial charge in [-0.25, -0.2) is 18.4 Å². The van der Waals surface area contributed by atoms with Crippen molar-refractivity contribution in [3.63, 3.8) is 0 Å². The fraction of sp³-hybridized carbons (Fsp3) is 0.231. The molecule has 35 heavy (non-hydrogen) atoms.